The number of hydrogen-bond acceptors (Lipinski definition) is 14. The molecule has 2 bridgehead atoms. The maximum atomic E-state index is 16.0. The van der Waals surface area contributed by atoms with E-state index in [9.17, 15) is 24.3 Å². The lowest BCUT2D eigenvalue weighted by atomic mass is 9.85. The predicted molar refractivity (Wildman–Crippen MR) is 260 cm³/mol. The number of nitrogens with zero attached hydrogens (tertiary/aromatic N) is 7. The molecule has 69 heavy (non-hydrogen) atoms. The number of rotatable bonds is 8. The topological polar surface area (TPSA) is 171 Å². The highest BCUT2D eigenvalue weighted by atomic mass is 19.1. The number of benzene rings is 2. The molecule has 7 fully saturated rings. The van der Waals surface area contributed by atoms with Crippen molar-refractivity contribution in [3.8, 4) is 0 Å². The second kappa shape index (κ2) is 19.5. The Morgan fingerprint density at radius 1 is 0.855 bits per heavy atom. The molecular weight excluding hydrogens is 880 g/mol. The number of allylic oxidation sites excluding steroid dienone is 1. The van der Waals surface area contributed by atoms with E-state index in [0.717, 1.165) is 120 Å². The lowest BCUT2D eigenvalue weighted by molar-refractivity contribution is -0.146. The van der Waals surface area contributed by atoms with E-state index in [1.165, 1.54) is 0 Å². The molecule has 17 nitrogen and oxygen atoms in total. The average Bonchev–Trinajstić information content (AvgIpc) is 3.82. The number of carbonyl (C=O) groups is 4. The number of piperidine rings is 4. The standard InChI is InChI=1S/C51H71FN12O5/c1-51(69)19-3-2-4-20-63-49(68)39-29-53-50(57-46(39)64(63)44-7-5-6-43(51)55-44)54-35-9-12-36(13-10-35)60-24-26-61(27-25-60)41-18-21-58(32-40(41)52)30-33-16-22-59(23-17-33)37-11-8-34-31-62(48(67)38(34)28-37)42-14-15-45(65)56-47(42)66/h2,4,8-13,28,33,39-44,46,50,53-55,57,69H,3,5-7,14-27,29-32H2,1H3,(H,56,65,66)/b4-2-/t39?,40-,41+,42?,43?,44?,46?,50?,51+/m0/s1. The van der Waals surface area contributed by atoms with Gasteiger partial charge < -0.3 is 30.0 Å². The number of fused-ring (bicyclic) bond motifs is 7. The first kappa shape index (κ1) is 46.7. The molecule has 6 unspecified atom stereocenters. The zero-order chi connectivity index (χ0) is 47.4. The molecule has 9 aliphatic rings. The first-order valence-corrected chi connectivity index (χ1v) is 25.9. The number of likely N-dealkylation sites (tertiary alicyclic amines) is 1. The molecule has 0 radical (unpaired) electrons. The van der Waals surface area contributed by atoms with Crippen LogP contribution in [0.15, 0.2) is 54.6 Å². The largest absolute Gasteiger partial charge is 0.389 e. The zero-order valence-electron chi connectivity index (χ0n) is 40.0. The summed E-state index contributed by atoms with van der Waals surface area (Å²) in [6.07, 6.45) is 10.6. The lowest BCUT2D eigenvalue weighted by Crippen LogP contribution is -2.69. The van der Waals surface area contributed by atoms with Crippen LogP contribution in [0.3, 0.4) is 0 Å². The fourth-order valence-corrected chi connectivity index (χ4v) is 13.0. The summed E-state index contributed by atoms with van der Waals surface area (Å²) in [5.41, 5.74) is 3.90. The minimum absolute atomic E-state index is 0.0331. The predicted octanol–water partition coefficient (Wildman–Crippen LogP) is 2.36. The Balaban J connectivity index is 0.621. The molecule has 0 aliphatic carbocycles. The Morgan fingerprint density at radius 3 is 2.42 bits per heavy atom. The van der Waals surface area contributed by atoms with Gasteiger partial charge in [-0.1, -0.05) is 18.2 Å². The van der Waals surface area contributed by atoms with Crippen LogP contribution in [0.1, 0.15) is 87.1 Å². The van der Waals surface area contributed by atoms with Crippen molar-refractivity contribution in [3.63, 3.8) is 0 Å². The summed E-state index contributed by atoms with van der Waals surface area (Å²) < 4.78 is 16.0. The molecular formula is C51H71FN12O5. The van der Waals surface area contributed by atoms with Crippen molar-refractivity contribution in [2.24, 2.45) is 11.8 Å². The molecule has 9 atom stereocenters. The third-order valence-electron chi connectivity index (χ3n) is 17.0. The van der Waals surface area contributed by atoms with Gasteiger partial charge in [0.1, 0.15) is 18.5 Å². The van der Waals surface area contributed by atoms with Crippen molar-refractivity contribution in [2.45, 2.75) is 126 Å². The molecule has 4 amide bonds. The molecule has 0 spiro atoms. The number of nitrogens with one attached hydrogen (secondary N) is 5. The fourth-order valence-electron chi connectivity index (χ4n) is 13.0. The number of hydrogen-bond donors (Lipinski definition) is 6. The van der Waals surface area contributed by atoms with Crippen LogP contribution in [0.4, 0.5) is 21.5 Å². The highest BCUT2D eigenvalue weighted by molar-refractivity contribution is 6.05. The van der Waals surface area contributed by atoms with Gasteiger partial charge in [-0.3, -0.25) is 50.4 Å². The minimum Gasteiger partial charge on any atom is -0.389 e. The molecule has 372 valence electrons. The molecule has 9 aliphatic heterocycles. The highest BCUT2D eigenvalue weighted by Crippen LogP contribution is 2.36. The summed E-state index contributed by atoms with van der Waals surface area (Å²) in [6.45, 7) is 10.8. The van der Waals surface area contributed by atoms with Gasteiger partial charge in [0.15, 0.2) is 0 Å². The summed E-state index contributed by atoms with van der Waals surface area (Å²) >= 11 is 0. The van der Waals surface area contributed by atoms with E-state index in [4.69, 9.17) is 0 Å². The van der Waals surface area contributed by atoms with Crippen LogP contribution in [0.25, 0.3) is 0 Å². The molecule has 0 aromatic heterocycles. The molecule has 11 rings (SSSR count). The summed E-state index contributed by atoms with van der Waals surface area (Å²) in [6, 6.07) is 13.9. The highest BCUT2D eigenvalue weighted by Gasteiger charge is 2.53. The minimum atomic E-state index is -0.881. The number of halogens is 1. The fraction of sp³-hybridized carbons (Fsp3) is 0.647. The second-order valence-electron chi connectivity index (χ2n) is 21.4. The van der Waals surface area contributed by atoms with E-state index >= 15 is 4.39 Å². The maximum Gasteiger partial charge on any atom is 0.255 e. The number of aliphatic hydroxyl groups is 1. The number of alkyl halides is 1. The molecule has 2 aromatic rings. The van der Waals surface area contributed by atoms with E-state index in [2.05, 4.69) is 93.7 Å². The molecule has 9 heterocycles. The number of anilines is 3. The Labute approximate surface area is 405 Å². The lowest BCUT2D eigenvalue weighted by Gasteiger charge is -2.47. The van der Waals surface area contributed by atoms with Crippen molar-refractivity contribution >= 4 is 40.7 Å². The normalized spacial score (nSPS) is 34.8. The van der Waals surface area contributed by atoms with Gasteiger partial charge in [-0.25, -0.2) is 4.39 Å². The number of hydrazine groups is 1. The van der Waals surface area contributed by atoms with Crippen molar-refractivity contribution < 1.29 is 28.7 Å². The third kappa shape index (κ3) is 9.50. The van der Waals surface area contributed by atoms with Crippen LogP contribution in [-0.4, -0.2) is 174 Å². The van der Waals surface area contributed by atoms with Crippen molar-refractivity contribution in [1.82, 2.24) is 46.0 Å². The maximum absolute atomic E-state index is 16.0. The van der Waals surface area contributed by atoms with Gasteiger partial charge in [-0.05, 0) is 119 Å². The van der Waals surface area contributed by atoms with Crippen LogP contribution >= 0.6 is 0 Å². The smallest absolute Gasteiger partial charge is 0.255 e. The number of amides is 4. The van der Waals surface area contributed by atoms with Crippen molar-refractivity contribution in [1.29, 1.82) is 0 Å². The quantitative estimate of drug-likeness (QED) is 0.169. The summed E-state index contributed by atoms with van der Waals surface area (Å²) in [5.74, 6) is -0.418. The monoisotopic (exact) mass is 951 g/mol. The molecule has 7 saturated heterocycles. The van der Waals surface area contributed by atoms with E-state index < -0.39 is 23.7 Å². The van der Waals surface area contributed by atoms with Crippen molar-refractivity contribution in [2.75, 3.05) is 87.1 Å². The summed E-state index contributed by atoms with van der Waals surface area (Å²) in [5, 5.41) is 32.5. The number of imide groups is 1. The second-order valence-corrected chi connectivity index (χ2v) is 21.4. The van der Waals surface area contributed by atoms with E-state index in [1.54, 1.807) is 4.90 Å². The van der Waals surface area contributed by atoms with Gasteiger partial charge in [0.05, 0.1) is 30.4 Å². The molecule has 0 saturated carbocycles. The zero-order valence-corrected chi connectivity index (χ0v) is 40.0. The van der Waals surface area contributed by atoms with Gasteiger partial charge >= 0.3 is 0 Å². The van der Waals surface area contributed by atoms with E-state index in [-0.39, 0.29) is 60.8 Å². The Hall–Kier alpha value is -4.69. The molecule has 6 N–H and O–H groups in total. The number of piperazine rings is 1. The first-order chi connectivity index (χ1) is 33.5. The Bertz CT molecular complexity index is 2270. The van der Waals surface area contributed by atoms with E-state index in [1.807, 2.05) is 24.1 Å². The average molecular weight is 951 g/mol. The van der Waals surface area contributed by atoms with Gasteiger partial charge in [0, 0.05) is 107 Å². The van der Waals surface area contributed by atoms with Gasteiger partial charge in [-0.15, -0.1) is 0 Å². The summed E-state index contributed by atoms with van der Waals surface area (Å²) in [7, 11) is 0. The third-order valence-corrected chi connectivity index (χ3v) is 17.0. The SMILES string of the molecule is C[C@@]1(O)CC/C=C\CN2C(=O)C3CNC(Nc4ccc(N5CCN([C@@H]6CCN(CC7CCN(c8ccc9c(c8)C(=O)N(C8CCC(=O)NC8=O)C9)CC7)C[C@@H]6F)CC5)cc4)NC3N2C2CCCC1N2. The van der Waals surface area contributed by atoms with Crippen LogP contribution in [0.5, 0.6) is 0 Å². The van der Waals surface area contributed by atoms with Crippen LogP contribution < -0.4 is 36.4 Å². The van der Waals surface area contributed by atoms with Gasteiger partial charge in [-0.2, -0.15) is 5.01 Å². The summed E-state index contributed by atoms with van der Waals surface area (Å²) in [4.78, 5) is 62.5. The number of carbonyl (C=O) groups excluding carboxylic acids is 4. The van der Waals surface area contributed by atoms with Gasteiger partial charge in [0.2, 0.25) is 17.7 Å². The molecule has 18 heteroatoms. The Morgan fingerprint density at radius 2 is 1.64 bits per heavy atom. The van der Waals surface area contributed by atoms with Crippen LogP contribution in [0.2, 0.25) is 0 Å². The molecule has 2 aromatic carbocycles. The van der Waals surface area contributed by atoms with E-state index in [0.29, 0.717) is 50.5 Å². The van der Waals surface area contributed by atoms with Crippen LogP contribution in [0, 0.1) is 11.8 Å². The van der Waals surface area contributed by atoms with Gasteiger partial charge in [0.25, 0.3) is 5.91 Å². The first-order valence-electron chi connectivity index (χ1n) is 25.9. The van der Waals surface area contributed by atoms with Crippen LogP contribution in [-0.2, 0) is 20.9 Å². The Kier molecular flexibility index (Phi) is 13.2. The van der Waals surface area contributed by atoms with Crippen molar-refractivity contribution in [3.05, 3.63) is 65.7 Å².